The van der Waals surface area contributed by atoms with Crippen LogP contribution in [-0.4, -0.2) is 11.0 Å². The van der Waals surface area contributed by atoms with Crippen LogP contribution in [0.5, 0.6) is 0 Å². The van der Waals surface area contributed by atoms with Gasteiger partial charge in [0.25, 0.3) is 0 Å². The fraction of sp³-hybridized carbons (Fsp3) is 0.500. The Morgan fingerprint density at radius 2 is 1.05 bits per heavy atom. The van der Waals surface area contributed by atoms with Crippen LogP contribution in [0, 0.1) is 0 Å². The largest absolute Gasteiger partial charge is 1.00 e. The van der Waals surface area contributed by atoms with E-state index in [9.17, 15) is 0 Å². The molecule has 114 valence electrons. The van der Waals surface area contributed by atoms with Gasteiger partial charge in [0.05, 0.1) is 0 Å². The van der Waals surface area contributed by atoms with Crippen molar-refractivity contribution in [3.63, 3.8) is 0 Å². The molecule has 0 aromatic rings. The van der Waals surface area contributed by atoms with Crippen molar-refractivity contribution < 1.29 is 45.1 Å². The number of allylic oxidation sites excluding steroid dienone is 8. The topological polar surface area (TPSA) is 0 Å². The fourth-order valence-electron chi connectivity index (χ4n) is 3.23. The van der Waals surface area contributed by atoms with Gasteiger partial charge in [0.15, 0.2) is 0 Å². The molecule has 2 rings (SSSR count). The number of hydrogen-bond acceptors (Lipinski definition) is 0. The van der Waals surface area contributed by atoms with Crippen LogP contribution in [0.2, 0.25) is 9.26 Å². The maximum absolute atomic E-state index is 2.60. The molecule has 0 saturated carbocycles. The zero-order valence-electron chi connectivity index (χ0n) is 12.8. The van der Waals surface area contributed by atoms with Gasteiger partial charge in [-0.3, -0.25) is 0 Å². The third-order valence-electron chi connectivity index (χ3n) is 4.82. The van der Waals surface area contributed by atoms with E-state index in [1.807, 2.05) is 6.56 Å². The molecule has 2 aliphatic carbocycles. The second-order valence-corrected chi connectivity index (χ2v) is 17.0. The molecular formula is C16H28Cl2SiZr. The van der Waals surface area contributed by atoms with Crippen molar-refractivity contribution in [1.29, 1.82) is 0 Å². The molecule has 0 aromatic heterocycles. The standard InChI is InChI=1S/2C7H9.2CH3.2ClH.H4Si.Zr/c2*1-6-4-3-5-7(6)2;;;;;;/h2*4H,3H2,1-2H3;2*1H3;2*1H;1H4;/q;;;;;;;+2/p-2. The smallest absolute Gasteiger partial charge is 0.0149 e. The van der Waals surface area contributed by atoms with Crippen LogP contribution in [-0.2, 0) is 20.3 Å². The Morgan fingerprint density at radius 3 is 1.25 bits per heavy atom. The van der Waals surface area contributed by atoms with Crippen molar-refractivity contribution in [3.8, 4) is 0 Å². The summed E-state index contributed by atoms with van der Waals surface area (Å²) in [6.45, 7) is 9.20. The van der Waals surface area contributed by atoms with E-state index in [-0.39, 0.29) is 35.8 Å². The Labute approximate surface area is 146 Å². The van der Waals surface area contributed by atoms with Gasteiger partial charge < -0.3 is 24.8 Å². The van der Waals surface area contributed by atoms with Gasteiger partial charge in [-0.25, -0.2) is 0 Å². The van der Waals surface area contributed by atoms with Crippen LogP contribution in [0.15, 0.2) is 41.0 Å². The predicted molar refractivity (Wildman–Crippen MR) is 85.2 cm³/mol. The maximum Gasteiger partial charge on any atom is -0.0149 e. The minimum Gasteiger partial charge on any atom is -1.00 e. The van der Waals surface area contributed by atoms with Gasteiger partial charge in [0.2, 0.25) is 0 Å². The van der Waals surface area contributed by atoms with E-state index in [0.717, 1.165) is 0 Å². The molecule has 0 atom stereocenters. The summed E-state index contributed by atoms with van der Waals surface area (Å²) in [7, 11) is 0. The second-order valence-electron chi connectivity index (χ2n) is 6.01. The molecule has 0 radical (unpaired) electrons. The number of hydrogen-bond donors (Lipinski definition) is 0. The van der Waals surface area contributed by atoms with Crippen LogP contribution in [0.4, 0.5) is 0 Å². The van der Waals surface area contributed by atoms with E-state index in [2.05, 4.69) is 49.1 Å². The second kappa shape index (κ2) is 8.32. The van der Waals surface area contributed by atoms with Crippen molar-refractivity contribution in [1.82, 2.24) is 0 Å². The summed E-state index contributed by atoms with van der Waals surface area (Å²) in [6.07, 6.45) is 7.32. The summed E-state index contributed by atoms with van der Waals surface area (Å²) in [5, 5.41) is 0. The third-order valence-corrected chi connectivity index (χ3v) is 15.1. The van der Waals surface area contributed by atoms with Gasteiger partial charge in [-0.2, -0.15) is 0 Å². The van der Waals surface area contributed by atoms with Crippen molar-refractivity contribution in [3.05, 3.63) is 41.0 Å². The quantitative estimate of drug-likeness (QED) is 0.464. The Balaban J connectivity index is 0. The van der Waals surface area contributed by atoms with Crippen molar-refractivity contribution in [2.24, 2.45) is 0 Å². The van der Waals surface area contributed by atoms with Gasteiger partial charge in [-0.15, -0.1) is 0 Å². The van der Waals surface area contributed by atoms with Gasteiger partial charge in [-0.05, 0) is 11.0 Å². The normalized spacial score (nSPS) is 17.3. The first-order chi connectivity index (χ1) is 7.85. The van der Waals surface area contributed by atoms with Gasteiger partial charge in [0, 0.05) is 0 Å². The molecule has 20 heavy (non-hydrogen) atoms. The Bertz CT molecular complexity index is 453. The Hall–Kier alpha value is 0.640. The summed E-state index contributed by atoms with van der Waals surface area (Å²) < 4.78 is 8.86. The SMILES string of the molecule is CC1=CC[C]([Zr+2]([CH3])([CH3])[C]2=C(C)C(C)=CC2)=C1C.[Cl-].[Cl-].[SiH4]. The first kappa shape index (κ1) is 22.9. The summed E-state index contributed by atoms with van der Waals surface area (Å²) >= 11 is -2.22. The zero-order chi connectivity index (χ0) is 12.8. The third kappa shape index (κ3) is 3.88. The molecule has 0 heterocycles. The van der Waals surface area contributed by atoms with Crippen LogP contribution in [0.1, 0.15) is 40.5 Å². The van der Waals surface area contributed by atoms with Crippen molar-refractivity contribution in [2.45, 2.75) is 49.8 Å². The van der Waals surface area contributed by atoms with Crippen LogP contribution in [0.25, 0.3) is 0 Å². The summed E-state index contributed by atoms with van der Waals surface area (Å²) in [5.74, 6) is 0. The molecule has 0 nitrogen and oxygen atoms in total. The molecule has 0 unspecified atom stereocenters. The average molecular weight is 411 g/mol. The average Bonchev–Trinajstić information content (AvgIpc) is 2.75. The van der Waals surface area contributed by atoms with E-state index in [0.29, 0.717) is 0 Å². The molecule has 0 amide bonds. The summed E-state index contributed by atoms with van der Waals surface area (Å²) in [6, 6.07) is 0. The molecule has 0 spiro atoms. The minimum absolute atomic E-state index is 0. The van der Waals surface area contributed by atoms with Gasteiger partial charge >= 0.3 is 111 Å². The van der Waals surface area contributed by atoms with E-state index in [1.54, 1.807) is 11.1 Å². The first-order valence-corrected chi connectivity index (χ1v) is 14.0. The Morgan fingerprint density at radius 1 is 0.750 bits per heavy atom. The van der Waals surface area contributed by atoms with Crippen molar-refractivity contribution >= 4 is 11.0 Å². The van der Waals surface area contributed by atoms with E-state index >= 15 is 0 Å². The number of rotatable bonds is 2. The molecule has 0 N–H and O–H groups in total. The molecule has 0 aromatic carbocycles. The molecule has 4 heteroatoms. The summed E-state index contributed by atoms with van der Waals surface area (Å²) in [4.78, 5) is 0. The maximum atomic E-state index is 2.60. The van der Waals surface area contributed by atoms with Crippen molar-refractivity contribution in [2.75, 3.05) is 0 Å². The summed E-state index contributed by atoms with van der Waals surface area (Å²) in [5.41, 5.74) is 6.25. The zero-order valence-corrected chi connectivity index (χ0v) is 16.8. The minimum atomic E-state index is -2.22. The monoisotopic (exact) mass is 408 g/mol. The molecule has 0 fully saturated rings. The van der Waals surface area contributed by atoms with Crippen LogP contribution < -0.4 is 24.8 Å². The van der Waals surface area contributed by atoms with Gasteiger partial charge in [0.1, 0.15) is 0 Å². The van der Waals surface area contributed by atoms with E-state index in [1.165, 1.54) is 24.0 Å². The molecule has 0 saturated heterocycles. The number of halogens is 2. The van der Waals surface area contributed by atoms with Gasteiger partial charge in [-0.1, -0.05) is 0 Å². The van der Waals surface area contributed by atoms with E-state index < -0.39 is 20.3 Å². The molecule has 0 aliphatic heterocycles. The predicted octanol–water partition coefficient (Wildman–Crippen LogP) is -1.96. The molecule has 0 bridgehead atoms. The first-order valence-electron chi connectivity index (χ1n) is 6.60. The Kier molecular flexibility index (Phi) is 9.53. The van der Waals surface area contributed by atoms with Crippen LogP contribution in [0.3, 0.4) is 0 Å². The fourth-order valence-corrected chi connectivity index (χ4v) is 12.7. The molecule has 2 aliphatic rings. The molecular weight excluding hydrogens is 382 g/mol. The van der Waals surface area contributed by atoms with Crippen LogP contribution >= 0.6 is 0 Å². The van der Waals surface area contributed by atoms with E-state index in [4.69, 9.17) is 0 Å².